The molecule has 0 saturated heterocycles. The second-order valence-corrected chi connectivity index (χ2v) is 4.05. The van der Waals surface area contributed by atoms with Crippen molar-refractivity contribution in [3.8, 4) is 0 Å². The Kier molecular flexibility index (Phi) is 2.30. The molecule has 1 heterocycles. The van der Waals surface area contributed by atoms with Gasteiger partial charge in [0.2, 0.25) is 0 Å². The van der Waals surface area contributed by atoms with Gasteiger partial charge in [-0.05, 0) is 0 Å². The van der Waals surface area contributed by atoms with Crippen LogP contribution in [0.2, 0.25) is 0 Å². The molecule has 0 aromatic heterocycles. The number of nitrogens with zero attached hydrogens (tertiary/aromatic N) is 1. The van der Waals surface area contributed by atoms with Crippen LogP contribution >= 0.6 is 0 Å². The minimum atomic E-state index is -4.28. The average Bonchev–Trinajstić information content (AvgIpc) is 2.28. The van der Waals surface area contributed by atoms with Crippen molar-refractivity contribution in [2.45, 2.75) is 33.0 Å². The third-order valence-corrected chi connectivity index (χ3v) is 1.67. The Labute approximate surface area is 74.8 Å². The predicted octanol–water partition coefficient (Wildman–Crippen LogP) is 2.39. The van der Waals surface area contributed by atoms with Gasteiger partial charge < -0.3 is 4.74 Å². The van der Waals surface area contributed by atoms with Crippen LogP contribution in [0.1, 0.15) is 20.8 Å². The van der Waals surface area contributed by atoms with Crippen LogP contribution in [0.3, 0.4) is 0 Å². The standard InChI is InChI=1S/C8H12F3NO/c1-7(2,3)6-12-5(4-13-6)8(9,10)11/h5H,4H2,1-3H3/t5-/m1/s1. The Balaban J connectivity index is 2.76. The molecule has 0 spiro atoms. The fraction of sp³-hybridized carbons (Fsp3) is 0.875. The van der Waals surface area contributed by atoms with Gasteiger partial charge >= 0.3 is 6.18 Å². The van der Waals surface area contributed by atoms with Gasteiger partial charge in [0.25, 0.3) is 0 Å². The van der Waals surface area contributed by atoms with Crippen molar-refractivity contribution in [1.82, 2.24) is 0 Å². The Morgan fingerprint density at radius 3 is 2.08 bits per heavy atom. The summed E-state index contributed by atoms with van der Waals surface area (Å²) >= 11 is 0. The van der Waals surface area contributed by atoms with Crippen molar-refractivity contribution in [3.63, 3.8) is 0 Å². The highest BCUT2D eigenvalue weighted by atomic mass is 19.4. The number of ether oxygens (including phenoxy) is 1. The van der Waals surface area contributed by atoms with Crippen LogP contribution in [-0.2, 0) is 4.74 Å². The molecule has 0 aromatic rings. The molecular weight excluding hydrogens is 183 g/mol. The van der Waals surface area contributed by atoms with E-state index in [1.807, 2.05) is 0 Å². The summed E-state index contributed by atoms with van der Waals surface area (Å²) in [5, 5.41) is 0. The minimum Gasteiger partial charge on any atom is -0.478 e. The summed E-state index contributed by atoms with van der Waals surface area (Å²) in [6.45, 7) is 4.93. The molecule has 1 aliphatic rings. The third kappa shape index (κ3) is 2.35. The highest BCUT2D eigenvalue weighted by Crippen LogP contribution is 2.30. The highest BCUT2D eigenvalue weighted by Gasteiger charge is 2.45. The topological polar surface area (TPSA) is 21.6 Å². The van der Waals surface area contributed by atoms with Gasteiger partial charge in [-0.25, -0.2) is 4.99 Å². The van der Waals surface area contributed by atoms with E-state index in [0.717, 1.165) is 0 Å². The van der Waals surface area contributed by atoms with E-state index in [0.29, 0.717) is 0 Å². The lowest BCUT2D eigenvalue weighted by molar-refractivity contribution is -0.149. The number of halogens is 3. The molecule has 1 rings (SSSR count). The molecule has 0 fully saturated rings. The molecule has 0 unspecified atom stereocenters. The molecule has 0 radical (unpaired) electrons. The van der Waals surface area contributed by atoms with E-state index in [2.05, 4.69) is 4.99 Å². The first-order valence-electron chi connectivity index (χ1n) is 3.99. The first-order valence-corrected chi connectivity index (χ1v) is 3.99. The Hall–Kier alpha value is -0.740. The van der Waals surface area contributed by atoms with Crippen molar-refractivity contribution >= 4 is 5.90 Å². The first kappa shape index (κ1) is 10.3. The fourth-order valence-electron chi connectivity index (χ4n) is 0.952. The van der Waals surface area contributed by atoms with Crippen LogP contribution in [0.25, 0.3) is 0 Å². The Bertz CT molecular complexity index is 227. The van der Waals surface area contributed by atoms with Crippen LogP contribution in [0.4, 0.5) is 13.2 Å². The zero-order valence-electron chi connectivity index (χ0n) is 7.77. The van der Waals surface area contributed by atoms with E-state index >= 15 is 0 Å². The molecule has 0 N–H and O–H groups in total. The summed E-state index contributed by atoms with van der Waals surface area (Å²) in [6, 6.07) is -1.68. The predicted molar refractivity (Wildman–Crippen MR) is 42.7 cm³/mol. The monoisotopic (exact) mass is 195 g/mol. The summed E-state index contributed by atoms with van der Waals surface area (Å²) in [5.74, 6) is 0.190. The average molecular weight is 195 g/mol. The van der Waals surface area contributed by atoms with Crippen LogP contribution in [-0.4, -0.2) is 24.7 Å². The van der Waals surface area contributed by atoms with Crippen LogP contribution in [0, 0.1) is 5.41 Å². The van der Waals surface area contributed by atoms with E-state index in [-0.39, 0.29) is 12.5 Å². The first-order chi connectivity index (χ1) is 5.71. The van der Waals surface area contributed by atoms with E-state index in [1.54, 1.807) is 20.8 Å². The molecule has 0 aliphatic carbocycles. The number of alkyl halides is 3. The number of aliphatic imine (C=N–C) groups is 1. The van der Waals surface area contributed by atoms with Gasteiger partial charge in [0, 0.05) is 5.41 Å². The maximum atomic E-state index is 12.1. The molecule has 0 saturated carbocycles. The van der Waals surface area contributed by atoms with E-state index < -0.39 is 17.6 Å². The van der Waals surface area contributed by atoms with E-state index in [9.17, 15) is 13.2 Å². The SMILES string of the molecule is CC(C)(C)C1=N[C@@H](C(F)(F)F)CO1. The van der Waals surface area contributed by atoms with Crippen LogP contribution in [0.5, 0.6) is 0 Å². The largest absolute Gasteiger partial charge is 0.478 e. The fourth-order valence-corrected chi connectivity index (χ4v) is 0.952. The lowest BCUT2D eigenvalue weighted by atomic mass is 9.97. The smallest absolute Gasteiger partial charge is 0.414 e. The van der Waals surface area contributed by atoms with Crippen molar-refractivity contribution in [2.24, 2.45) is 10.4 Å². The summed E-state index contributed by atoms with van der Waals surface area (Å²) in [6.07, 6.45) is -4.28. The van der Waals surface area contributed by atoms with Crippen molar-refractivity contribution in [3.05, 3.63) is 0 Å². The molecule has 76 valence electrons. The molecule has 2 nitrogen and oxygen atoms in total. The maximum absolute atomic E-state index is 12.1. The zero-order valence-corrected chi connectivity index (χ0v) is 7.77. The normalized spacial score (nSPS) is 24.2. The van der Waals surface area contributed by atoms with Gasteiger partial charge in [0.05, 0.1) is 0 Å². The molecule has 0 amide bonds. The number of hydrogen-bond donors (Lipinski definition) is 0. The molecule has 0 aromatic carbocycles. The lowest BCUT2D eigenvalue weighted by Crippen LogP contribution is -2.27. The maximum Gasteiger partial charge on any atom is 0.414 e. The molecule has 1 atom stereocenters. The molecule has 1 aliphatic heterocycles. The van der Waals surface area contributed by atoms with Crippen molar-refractivity contribution in [2.75, 3.05) is 6.61 Å². The zero-order chi connectivity index (χ0) is 10.3. The van der Waals surface area contributed by atoms with Crippen molar-refractivity contribution in [1.29, 1.82) is 0 Å². The summed E-state index contributed by atoms with van der Waals surface area (Å²) in [5.41, 5.74) is -0.444. The van der Waals surface area contributed by atoms with Gasteiger partial charge in [-0.2, -0.15) is 13.2 Å². The van der Waals surface area contributed by atoms with Gasteiger partial charge in [0.15, 0.2) is 11.9 Å². The third-order valence-electron chi connectivity index (χ3n) is 1.67. The molecule has 13 heavy (non-hydrogen) atoms. The Morgan fingerprint density at radius 1 is 1.31 bits per heavy atom. The quantitative estimate of drug-likeness (QED) is 0.581. The second-order valence-electron chi connectivity index (χ2n) is 4.05. The van der Waals surface area contributed by atoms with E-state index in [4.69, 9.17) is 4.74 Å². The van der Waals surface area contributed by atoms with Crippen molar-refractivity contribution < 1.29 is 17.9 Å². The van der Waals surface area contributed by atoms with Crippen LogP contribution < -0.4 is 0 Å². The van der Waals surface area contributed by atoms with Gasteiger partial charge in [-0.15, -0.1) is 0 Å². The molecule has 0 bridgehead atoms. The van der Waals surface area contributed by atoms with E-state index in [1.165, 1.54) is 0 Å². The van der Waals surface area contributed by atoms with Gasteiger partial charge in [-0.1, -0.05) is 20.8 Å². The van der Waals surface area contributed by atoms with Gasteiger partial charge in [-0.3, -0.25) is 0 Å². The summed E-state index contributed by atoms with van der Waals surface area (Å²) in [4.78, 5) is 3.50. The number of rotatable bonds is 0. The molecule has 5 heteroatoms. The molecular formula is C8H12F3NO. The minimum absolute atomic E-state index is 0.190. The summed E-state index contributed by atoms with van der Waals surface area (Å²) in [7, 11) is 0. The van der Waals surface area contributed by atoms with Crippen LogP contribution in [0.15, 0.2) is 4.99 Å². The lowest BCUT2D eigenvalue weighted by Gasteiger charge is -2.16. The second kappa shape index (κ2) is 2.89. The number of hydrogen-bond acceptors (Lipinski definition) is 2. The summed E-state index contributed by atoms with van der Waals surface area (Å²) < 4.78 is 41.3. The highest BCUT2D eigenvalue weighted by molar-refractivity contribution is 5.82. The van der Waals surface area contributed by atoms with Gasteiger partial charge in [0.1, 0.15) is 6.61 Å². The Morgan fingerprint density at radius 2 is 1.85 bits per heavy atom.